The summed E-state index contributed by atoms with van der Waals surface area (Å²) in [6.07, 6.45) is 0. The molecule has 1 N–H and O–H groups in total. The van der Waals surface area contributed by atoms with E-state index in [1.807, 2.05) is 6.07 Å². The third kappa shape index (κ3) is 3.82. The lowest BCUT2D eigenvalue weighted by molar-refractivity contribution is -0.124. The zero-order valence-corrected chi connectivity index (χ0v) is 16.2. The highest BCUT2D eigenvalue weighted by Crippen LogP contribution is 2.32. The number of carbonyl (C=O) groups excluding carboxylic acids is 2. The molecule has 154 valence electrons. The molecule has 0 fully saturated rings. The number of amides is 1. The molecule has 30 heavy (non-hydrogen) atoms. The van der Waals surface area contributed by atoms with E-state index in [9.17, 15) is 14.4 Å². The van der Waals surface area contributed by atoms with Crippen molar-refractivity contribution in [3.8, 4) is 11.5 Å². The number of aryl methyl sites for hydroxylation is 1. The number of esters is 1. The van der Waals surface area contributed by atoms with Crippen LogP contribution in [0.1, 0.15) is 23.0 Å². The fourth-order valence-corrected chi connectivity index (χ4v) is 3.10. The molecule has 3 aromatic rings. The van der Waals surface area contributed by atoms with Gasteiger partial charge in [-0.15, -0.1) is 0 Å². The topological polar surface area (TPSA) is 109 Å². The van der Waals surface area contributed by atoms with Crippen molar-refractivity contribution >= 4 is 22.6 Å². The van der Waals surface area contributed by atoms with Gasteiger partial charge in [0.2, 0.25) is 6.79 Å². The third-order valence-electron chi connectivity index (χ3n) is 4.62. The minimum absolute atomic E-state index is 0.00405. The summed E-state index contributed by atoms with van der Waals surface area (Å²) in [6, 6.07) is 12.0. The second kappa shape index (κ2) is 8.24. The van der Waals surface area contributed by atoms with E-state index in [0.29, 0.717) is 28.8 Å². The zero-order valence-electron chi connectivity index (χ0n) is 16.2. The van der Waals surface area contributed by atoms with Crippen LogP contribution in [0.15, 0.2) is 47.3 Å². The largest absolute Gasteiger partial charge is 0.454 e. The number of hydrogen-bond acceptors (Lipinski definition) is 7. The van der Waals surface area contributed by atoms with Crippen LogP contribution in [0, 0.1) is 0 Å². The first-order valence-electron chi connectivity index (χ1n) is 9.39. The SMILES string of the molecule is CCn1nc(C(=O)OCC(=O)NCc2ccc3c(c2)OCO3)c2ccccc2c1=O. The van der Waals surface area contributed by atoms with E-state index in [4.69, 9.17) is 14.2 Å². The monoisotopic (exact) mass is 409 g/mol. The molecule has 2 aromatic carbocycles. The molecule has 1 aliphatic rings. The van der Waals surface area contributed by atoms with E-state index >= 15 is 0 Å². The van der Waals surface area contributed by atoms with Crippen molar-refractivity contribution in [3.63, 3.8) is 0 Å². The summed E-state index contributed by atoms with van der Waals surface area (Å²) in [6.45, 7) is 2.01. The molecule has 0 unspecified atom stereocenters. The molecule has 1 amide bonds. The van der Waals surface area contributed by atoms with Gasteiger partial charge >= 0.3 is 5.97 Å². The number of rotatable bonds is 6. The second-order valence-corrected chi connectivity index (χ2v) is 6.56. The average Bonchev–Trinajstić information content (AvgIpc) is 3.24. The molecule has 0 saturated carbocycles. The Morgan fingerprint density at radius 3 is 2.70 bits per heavy atom. The van der Waals surface area contributed by atoms with Gasteiger partial charge in [-0.1, -0.05) is 24.3 Å². The standard InChI is InChI=1S/C21H19N3O6/c1-2-24-20(26)15-6-4-3-5-14(15)19(23-24)21(27)28-11-18(25)22-10-13-7-8-16-17(9-13)30-12-29-16/h3-9H,2,10-12H2,1H3,(H,22,25). The van der Waals surface area contributed by atoms with Crippen LogP contribution in [0.2, 0.25) is 0 Å². The minimum atomic E-state index is -0.772. The highest BCUT2D eigenvalue weighted by molar-refractivity contribution is 6.02. The predicted molar refractivity (Wildman–Crippen MR) is 106 cm³/mol. The van der Waals surface area contributed by atoms with Crippen LogP contribution in [0.4, 0.5) is 0 Å². The Hall–Kier alpha value is -3.88. The Morgan fingerprint density at radius 1 is 1.13 bits per heavy atom. The van der Waals surface area contributed by atoms with Gasteiger partial charge in [0.05, 0.1) is 5.39 Å². The van der Waals surface area contributed by atoms with Crippen LogP contribution in [0.5, 0.6) is 11.5 Å². The fourth-order valence-electron chi connectivity index (χ4n) is 3.10. The van der Waals surface area contributed by atoms with E-state index in [-0.39, 0.29) is 24.6 Å². The lowest BCUT2D eigenvalue weighted by Crippen LogP contribution is -2.30. The molecule has 0 aliphatic carbocycles. The molecule has 0 saturated heterocycles. The highest BCUT2D eigenvalue weighted by Gasteiger charge is 2.19. The summed E-state index contributed by atoms with van der Waals surface area (Å²) in [5.41, 5.74) is 0.531. The second-order valence-electron chi connectivity index (χ2n) is 6.56. The van der Waals surface area contributed by atoms with Crippen LogP contribution in [0.25, 0.3) is 10.8 Å². The van der Waals surface area contributed by atoms with Crippen LogP contribution < -0.4 is 20.3 Å². The van der Waals surface area contributed by atoms with E-state index < -0.39 is 18.5 Å². The zero-order chi connectivity index (χ0) is 21.1. The first-order valence-corrected chi connectivity index (χ1v) is 9.39. The van der Waals surface area contributed by atoms with Crippen molar-refractivity contribution in [1.82, 2.24) is 15.1 Å². The number of fused-ring (bicyclic) bond motifs is 2. The molecule has 9 nitrogen and oxygen atoms in total. The number of hydrogen-bond donors (Lipinski definition) is 1. The molecule has 0 bridgehead atoms. The molecule has 0 radical (unpaired) electrons. The van der Waals surface area contributed by atoms with Crippen molar-refractivity contribution in [3.05, 3.63) is 64.1 Å². The Balaban J connectivity index is 1.40. The van der Waals surface area contributed by atoms with Crippen LogP contribution >= 0.6 is 0 Å². The van der Waals surface area contributed by atoms with Crippen molar-refractivity contribution in [2.75, 3.05) is 13.4 Å². The van der Waals surface area contributed by atoms with Gasteiger partial charge in [-0.2, -0.15) is 5.10 Å². The van der Waals surface area contributed by atoms with Crippen molar-refractivity contribution in [2.45, 2.75) is 20.0 Å². The smallest absolute Gasteiger partial charge is 0.359 e. The summed E-state index contributed by atoms with van der Waals surface area (Å²) in [4.78, 5) is 37.0. The fraction of sp³-hybridized carbons (Fsp3) is 0.238. The lowest BCUT2D eigenvalue weighted by Gasteiger charge is -2.10. The summed E-state index contributed by atoms with van der Waals surface area (Å²) < 4.78 is 16.9. The van der Waals surface area contributed by atoms with Crippen LogP contribution in [0.3, 0.4) is 0 Å². The van der Waals surface area contributed by atoms with Gasteiger partial charge < -0.3 is 19.5 Å². The van der Waals surface area contributed by atoms with Gasteiger partial charge in [0.15, 0.2) is 23.8 Å². The van der Waals surface area contributed by atoms with Crippen molar-refractivity contribution in [2.24, 2.45) is 0 Å². The maximum absolute atomic E-state index is 12.5. The molecule has 1 aromatic heterocycles. The van der Waals surface area contributed by atoms with E-state index in [1.54, 1.807) is 43.3 Å². The van der Waals surface area contributed by atoms with Crippen LogP contribution in [-0.4, -0.2) is 35.1 Å². The van der Waals surface area contributed by atoms with Crippen LogP contribution in [-0.2, 0) is 22.6 Å². The Kier molecular flexibility index (Phi) is 5.34. The summed E-state index contributed by atoms with van der Waals surface area (Å²) >= 11 is 0. The van der Waals surface area contributed by atoms with Gasteiger partial charge in [0, 0.05) is 18.5 Å². The minimum Gasteiger partial charge on any atom is -0.454 e. The summed E-state index contributed by atoms with van der Waals surface area (Å²) in [5, 5.41) is 7.53. The number of carbonyl (C=O) groups is 2. The predicted octanol–water partition coefficient (Wildman–Crippen LogP) is 1.62. The number of nitrogens with zero attached hydrogens (tertiary/aromatic N) is 2. The van der Waals surface area contributed by atoms with Gasteiger partial charge in [-0.05, 0) is 30.7 Å². The van der Waals surface area contributed by atoms with Gasteiger partial charge in [0.1, 0.15) is 0 Å². The number of nitrogens with one attached hydrogen (secondary N) is 1. The Morgan fingerprint density at radius 2 is 1.90 bits per heavy atom. The Bertz CT molecular complexity index is 1190. The van der Waals surface area contributed by atoms with Crippen molar-refractivity contribution < 1.29 is 23.8 Å². The molecule has 9 heteroatoms. The summed E-state index contributed by atoms with van der Waals surface area (Å²) in [5.74, 6) is 0.0464. The molecule has 0 spiro atoms. The normalized spacial score (nSPS) is 12.0. The van der Waals surface area contributed by atoms with E-state index in [2.05, 4.69) is 10.4 Å². The first kappa shape index (κ1) is 19.4. The molecular formula is C21H19N3O6. The maximum atomic E-state index is 12.5. The number of aromatic nitrogens is 2. The number of benzene rings is 2. The molecule has 4 rings (SSSR count). The van der Waals surface area contributed by atoms with Crippen molar-refractivity contribution in [1.29, 1.82) is 0 Å². The average molecular weight is 409 g/mol. The van der Waals surface area contributed by atoms with E-state index in [1.165, 1.54) is 4.68 Å². The molecule has 0 atom stereocenters. The number of ether oxygens (including phenoxy) is 3. The highest BCUT2D eigenvalue weighted by atomic mass is 16.7. The molecule has 1 aliphatic heterocycles. The van der Waals surface area contributed by atoms with Gasteiger partial charge in [-0.3, -0.25) is 9.59 Å². The quantitative estimate of drug-likeness (QED) is 0.616. The Labute approximate surface area is 171 Å². The third-order valence-corrected chi connectivity index (χ3v) is 4.62. The molecular weight excluding hydrogens is 390 g/mol. The lowest BCUT2D eigenvalue weighted by atomic mass is 10.1. The molecule has 2 heterocycles. The van der Waals surface area contributed by atoms with Gasteiger partial charge in [-0.25, -0.2) is 9.48 Å². The van der Waals surface area contributed by atoms with Gasteiger partial charge in [0.25, 0.3) is 11.5 Å². The maximum Gasteiger partial charge on any atom is 0.359 e. The first-order chi connectivity index (χ1) is 14.6. The van der Waals surface area contributed by atoms with E-state index in [0.717, 1.165) is 5.56 Å². The summed E-state index contributed by atoms with van der Waals surface area (Å²) in [7, 11) is 0.